The van der Waals surface area contributed by atoms with Crippen molar-refractivity contribution in [2.45, 2.75) is 32.7 Å². The minimum atomic E-state index is -1.26. The maximum absolute atomic E-state index is 15.0. The molecule has 0 amide bonds. The van der Waals surface area contributed by atoms with Crippen LogP contribution in [0.1, 0.15) is 48.2 Å². The smallest absolute Gasteiger partial charge is 0.317 e. The maximum atomic E-state index is 15.0. The number of ether oxygens (including phenoxy) is 2. The number of carbonyl (C=O) groups is 3. The molecule has 0 bridgehead atoms. The number of hydrogen-bond acceptors (Lipinski definition) is 8. The molecule has 1 aromatic heterocycles. The van der Waals surface area contributed by atoms with Crippen LogP contribution >= 0.6 is 0 Å². The summed E-state index contributed by atoms with van der Waals surface area (Å²) in [6.07, 6.45) is 0. The topological polar surface area (TPSA) is 103 Å². The van der Waals surface area contributed by atoms with Crippen LogP contribution in [0.25, 0.3) is 11.3 Å². The van der Waals surface area contributed by atoms with Gasteiger partial charge in [-0.05, 0) is 61.7 Å². The van der Waals surface area contributed by atoms with Crippen LogP contribution in [0, 0.1) is 18.8 Å². The predicted molar refractivity (Wildman–Crippen MR) is 177 cm³/mol. The molecule has 0 saturated carbocycles. The number of nitrogens with zero attached hydrogens (tertiary/aromatic N) is 3. The van der Waals surface area contributed by atoms with E-state index in [2.05, 4.69) is 5.32 Å². The van der Waals surface area contributed by atoms with Crippen LogP contribution < -0.4 is 10.2 Å². The summed E-state index contributed by atoms with van der Waals surface area (Å²) in [5.74, 6) is -3.98. The fourth-order valence-corrected chi connectivity index (χ4v) is 6.80. The van der Waals surface area contributed by atoms with Crippen molar-refractivity contribution in [2.75, 3.05) is 37.5 Å². The molecule has 0 radical (unpaired) electrons. The third-order valence-corrected chi connectivity index (χ3v) is 8.78. The standard InChI is InChI=1S/C37H38N4O5/c1-6-45-36(43)30-28(23-14-10-8-11-15-23)32(37(44)46-7-2)34(42)31-29(30)27-22(3)39-41(26-16-12-9-13-17-26)35(27)38-33(31)24-18-20-25(21-19-24)40(4)5/h8-21,28,30,32-33,38H,6-7H2,1-5H3/t28-,30-,32+,33-/m1/s1. The van der Waals surface area contributed by atoms with Crippen LogP contribution in [-0.2, 0) is 23.9 Å². The number of ketones is 1. The van der Waals surface area contributed by atoms with Crippen LogP contribution in [0.5, 0.6) is 0 Å². The van der Waals surface area contributed by atoms with E-state index < -0.39 is 35.7 Å². The van der Waals surface area contributed by atoms with E-state index in [0.717, 1.165) is 16.9 Å². The SMILES string of the molecule is CCOC(=O)[C@@H]1C(=O)C2=C(c3c(C)nn(-c4ccccc4)c3N[C@@H]2c2ccc(N(C)C)cc2)[C@H](C(=O)OCC)[C@H]1c1ccccc1. The zero-order valence-electron chi connectivity index (χ0n) is 26.7. The van der Waals surface area contributed by atoms with Gasteiger partial charge in [-0.1, -0.05) is 60.7 Å². The van der Waals surface area contributed by atoms with Crippen molar-refractivity contribution in [3.63, 3.8) is 0 Å². The molecule has 4 aromatic rings. The van der Waals surface area contributed by atoms with Gasteiger partial charge >= 0.3 is 11.9 Å². The number of benzene rings is 3. The number of nitrogens with one attached hydrogen (secondary N) is 1. The lowest BCUT2D eigenvalue weighted by Gasteiger charge is -2.42. The number of aromatic nitrogens is 2. The third kappa shape index (κ3) is 5.25. The van der Waals surface area contributed by atoms with Crippen molar-refractivity contribution in [3.05, 3.63) is 113 Å². The van der Waals surface area contributed by atoms with Crippen molar-refractivity contribution in [2.24, 2.45) is 11.8 Å². The van der Waals surface area contributed by atoms with E-state index in [1.165, 1.54) is 0 Å². The zero-order chi connectivity index (χ0) is 32.5. The molecule has 2 heterocycles. The molecule has 9 nitrogen and oxygen atoms in total. The van der Waals surface area contributed by atoms with E-state index >= 15 is 0 Å². The van der Waals surface area contributed by atoms with Crippen LogP contribution in [0.4, 0.5) is 11.5 Å². The van der Waals surface area contributed by atoms with Gasteiger partial charge in [0, 0.05) is 36.8 Å². The fraction of sp³-hybridized carbons (Fsp3) is 0.297. The molecule has 1 aliphatic heterocycles. The number of anilines is 2. The Hall–Kier alpha value is -5.18. The van der Waals surface area contributed by atoms with E-state index in [1.54, 1.807) is 13.8 Å². The molecule has 1 aliphatic carbocycles. The minimum Gasteiger partial charge on any atom is -0.466 e. The van der Waals surface area contributed by atoms with Gasteiger partial charge in [-0.2, -0.15) is 5.10 Å². The number of carbonyl (C=O) groups excluding carboxylic acids is 3. The van der Waals surface area contributed by atoms with Crippen molar-refractivity contribution in [1.29, 1.82) is 0 Å². The van der Waals surface area contributed by atoms with Gasteiger partial charge in [0.2, 0.25) is 0 Å². The van der Waals surface area contributed by atoms with Gasteiger partial charge in [0.15, 0.2) is 5.78 Å². The van der Waals surface area contributed by atoms with Crippen molar-refractivity contribution >= 4 is 34.8 Å². The van der Waals surface area contributed by atoms with Gasteiger partial charge in [-0.3, -0.25) is 14.4 Å². The lowest BCUT2D eigenvalue weighted by atomic mass is 9.61. The van der Waals surface area contributed by atoms with Crippen LogP contribution in [0.15, 0.2) is 90.5 Å². The number of rotatable bonds is 8. The highest BCUT2D eigenvalue weighted by molar-refractivity contribution is 6.19. The molecule has 0 spiro atoms. The molecule has 0 saturated heterocycles. The molecule has 6 rings (SSSR count). The van der Waals surface area contributed by atoms with E-state index in [1.807, 2.05) is 116 Å². The van der Waals surface area contributed by atoms with Crippen molar-refractivity contribution < 1.29 is 23.9 Å². The van der Waals surface area contributed by atoms with Gasteiger partial charge in [-0.15, -0.1) is 0 Å². The monoisotopic (exact) mass is 618 g/mol. The molecule has 2 aliphatic rings. The number of hydrogen-bond donors (Lipinski definition) is 1. The van der Waals surface area contributed by atoms with Crippen molar-refractivity contribution in [3.8, 4) is 5.69 Å². The molecule has 4 atom stereocenters. The summed E-state index contributed by atoms with van der Waals surface area (Å²) >= 11 is 0. The van der Waals surface area contributed by atoms with E-state index in [-0.39, 0.29) is 19.0 Å². The maximum Gasteiger partial charge on any atom is 0.317 e. The highest BCUT2D eigenvalue weighted by atomic mass is 16.5. The largest absolute Gasteiger partial charge is 0.466 e. The lowest BCUT2D eigenvalue weighted by molar-refractivity contribution is -0.154. The average Bonchev–Trinajstić information content (AvgIpc) is 3.41. The van der Waals surface area contributed by atoms with Gasteiger partial charge in [0.1, 0.15) is 11.7 Å². The highest BCUT2D eigenvalue weighted by Gasteiger charge is 2.55. The van der Waals surface area contributed by atoms with Crippen molar-refractivity contribution in [1.82, 2.24) is 9.78 Å². The Bertz CT molecular complexity index is 1790. The summed E-state index contributed by atoms with van der Waals surface area (Å²) in [6, 6.07) is 26.2. The van der Waals surface area contributed by atoms with Gasteiger partial charge in [0.05, 0.1) is 36.6 Å². The Morgan fingerprint density at radius 1 is 0.804 bits per heavy atom. The molecule has 1 N–H and O–H groups in total. The normalized spacial score (nSPS) is 20.3. The molecule has 236 valence electrons. The highest BCUT2D eigenvalue weighted by Crippen LogP contribution is 2.55. The molecule has 0 unspecified atom stereocenters. The Balaban J connectivity index is 1.69. The molecular formula is C37H38N4O5. The Labute approximate surface area is 268 Å². The number of para-hydroxylation sites is 1. The molecule has 0 fully saturated rings. The molecule has 46 heavy (non-hydrogen) atoms. The summed E-state index contributed by atoms with van der Waals surface area (Å²) in [6.45, 7) is 5.57. The minimum absolute atomic E-state index is 0.0981. The van der Waals surface area contributed by atoms with Crippen LogP contribution in [0.3, 0.4) is 0 Å². The summed E-state index contributed by atoms with van der Waals surface area (Å²) in [7, 11) is 3.93. The summed E-state index contributed by atoms with van der Waals surface area (Å²) < 4.78 is 13.1. The van der Waals surface area contributed by atoms with Gasteiger partial charge in [-0.25, -0.2) is 4.68 Å². The molecular weight excluding hydrogens is 580 g/mol. The Morgan fingerprint density at radius 3 is 1.98 bits per heavy atom. The van der Waals surface area contributed by atoms with Crippen LogP contribution in [-0.4, -0.2) is 54.8 Å². The third-order valence-electron chi connectivity index (χ3n) is 8.78. The summed E-state index contributed by atoms with van der Waals surface area (Å²) in [5.41, 5.74) is 5.49. The molecule has 3 aromatic carbocycles. The Morgan fingerprint density at radius 2 is 1.39 bits per heavy atom. The number of Topliss-reactive ketones (excluding diaryl/α,β-unsaturated/α-hetero) is 1. The van der Waals surface area contributed by atoms with E-state index in [9.17, 15) is 14.4 Å². The Kier molecular flexibility index (Phi) is 8.49. The second-order valence-corrected chi connectivity index (χ2v) is 11.7. The van der Waals surface area contributed by atoms with Gasteiger partial charge in [0.25, 0.3) is 0 Å². The second kappa shape index (κ2) is 12.7. The quantitative estimate of drug-likeness (QED) is 0.193. The molecule has 9 heteroatoms. The first-order chi connectivity index (χ1) is 22.3. The lowest BCUT2D eigenvalue weighted by Crippen LogP contribution is -2.46. The number of fused-ring (bicyclic) bond motifs is 2. The van der Waals surface area contributed by atoms with Gasteiger partial charge < -0.3 is 19.7 Å². The summed E-state index contributed by atoms with van der Waals surface area (Å²) in [4.78, 5) is 45.0. The average molecular weight is 619 g/mol. The first kappa shape index (κ1) is 30.8. The fourth-order valence-electron chi connectivity index (χ4n) is 6.80. The van der Waals surface area contributed by atoms with Crippen LogP contribution in [0.2, 0.25) is 0 Å². The second-order valence-electron chi connectivity index (χ2n) is 11.7. The first-order valence-electron chi connectivity index (χ1n) is 15.6. The zero-order valence-corrected chi connectivity index (χ0v) is 26.7. The number of aryl methyl sites for hydroxylation is 1. The number of esters is 2. The van der Waals surface area contributed by atoms with E-state index in [4.69, 9.17) is 14.6 Å². The summed E-state index contributed by atoms with van der Waals surface area (Å²) in [5, 5.41) is 8.54. The first-order valence-corrected chi connectivity index (χ1v) is 15.6. The predicted octanol–water partition coefficient (Wildman–Crippen LogP) is 5.89. The van der Waals surface area contributed by atoms with E-state index in [0.29, 0.717) is 33.8 Å².